The molecule has 5 nitrogen and oxygen atoms in total. The van der Waals surface area contributed by atoms with Crippen molar-refractivity contribution in [2.24, 2.45) is 0 Å². The fourth-order valence-electron chi connectivity index (χ4n) is 2.76. The van der Waals surface area contributed by atoms with Gasteiger partial charge in [-0.1, -0.05) is 44.2 Å². The Labute approximate surface area is 174 Å². The van der Waals surface area contributed by atoms with E-state index in [1.54, 1.807) is 6.92 Å². The number of nitrogens with one attached hydrogen (secondary N) is 2. The van der Waals surface area contributed by atoms with Crippen LogP contribution in [0.4, 0.5) is 10.5 Å². The van der Waals surface area contributed by atoms with Crippen LogP contribution >= 0.6 is 22.6 Å². The Morgan fingerprint density at radius 3 is 2.44 bits per heavy atom. The highest BCUT2D eigenvalue weighted by molar-refractivity contribution is 14.1. The van der Waals surface area contributed by atoms with Crippen molar-refractivity contribution < 1.29 is 14.3 Å². The molecule has 2 rings (SSSR count). The summed E-state index contributed by atoms with van der Waals surface area (Å²) in [6, 6.07) is 14.9. The van der Waals surface area contributed by atoms with Gasteiger partial charge in [-0.05, 0) is 64.8 Å². The zero-order valence-electron chi connectivity index (χ0n) is 15.8. The number of ether oxygens (including phenoxy) is 1. The van der Waals surface area contributed by atoms with Crippen molar-refractivity contribution in [1.82, 2.24) is 5.32 Å². The van der Waals surface area contributed by atoms with E-state index in [0.29, 0.717) is 0 Å². The van der Waals surface area contributed by atoms with E-state index in [0.717, 1.165) is 20.4 Å². The summed E-state index contributed by atoms with van der Waals surface area (Å²) in [7, 11) is 0. The van der Waals surface area contributed by atoms with E-state index >= 15 is 0 Å². The molecule has 2 N–H and O–H groups in total. The summed E-state index contributed by atoms with van der Waals surface area (Å²) >= 11 is 2.26. The molecule has 0 aromatic heterocycles. The van der Waals surface area contributed by atoms with Crippen LogP contribution in [0.25, 0.3) is 0 Å². The Bertz CT molecular complexity index is 778. The second-order valence-corrected chi connectivity index (χ2v) is 7.71. The summed E-state index contributed by atoms with van der Waals surface area (Å²) in [6.07, 6.45) is -0.414. The van der Waals surface area contributed by atoms with Gasteiger partial charge < -0.3 is 15.4 Å². The molecule has 144 valence electrons. The quantitative estimate of drug-likeness (QED) is 0.534. The normalized spacial score (nSPS) is 11.7. The minimum atomic E-state index is -0.531. The molecule has 0 unspecified atom stereocenters. The summed E-state index contributed by atoms with van der Waals surface area (Å²) in [4.78, 5) is 24.6. The Balaban J connectivity index is 2.15. The molecule has 6 heteroatoms. The molecular weight excluding hydrogens is 455 g/mol. The number of hydrogen-bond donors (Lipinski definition) is 2. The number of benzene rings is 2. The standard InChI is InChI=1S/C21H25IN2O3/c1-4-27-21(26)24-19(15-8-6-5-7-9-15)13-20(25)23-18-11-10-16(22)12-17(18)14(2)3/h5-12,14,19H,4,13H2,1-3H3,(H,23,25)(H,24,26)/t19-/m0/s1. The van der Waals surface area contributed by atoms with Gasteiger partial charge in [0.1, 0.15) is 0 Å². The van der Waals surface area contributed by atoms with E-state index in [1.807, 2.05) is 42.5 Å². The lowest BCUT2D eigenvalue weighted by Gasteiger charge is -2.20. The first-order chi connectivity index (χ1) is 12.9. The molecule has 0 saturated carbocycles. The van der Waals surface area contributed by atoms with E-state index in [4.69, 9.17) is 4.74 Å². The fraction of sp³-hybridized carbons (Fsp3) is 0.333. The van der Waals surface area contributed by atoms with Gasteiger partial charge in [-0.15, -0.1) is 0 Å². The third-order valence-corrected chi connectivity index (χ3v) is 4.74. The molecule has 0 aliphatic rings. The monoisotopic (exact) mass is 480 g/mol. The molecule has 0 spiro atoms. The first-order valence-corrected chi connectivity index (χ1v) is 10.1. The van der Waals surface area contributed by atoms with Gasteiger partial charge in [0, 0.05) is 9.26 Å². The highest BCUT2D eigenvalue weighted by atomic mass is 127. The number of rotatable bonds is 7. The number of carbonyl (C=O) groups is 2. The van der Waals surface area contributed by atoms with Crippen LogP contribution in [0.2, 0.25) is 0 Å². The van der Waals surface area contributed by atoms with E-state index < -0.39 is 12.1 Å². The van der Waals surface area contributed by atoms with Crippen LogP contribution in [0.3, 0.4) is 0 Å². The number of halogens is 1. The molecular formula is C21H25IN2O3. The van der Waals surface area contributed by atoms with E-state index in [1.165, 1.54) is 0 Å². The largest absolute Gasteiger partial charge is 0.450 e. The van der Waals surface area contributed by atoms with Crippen LogP contribution in [0.1, 0.15) is 50.3 Å². The molecule has 0 heterocycles. The molecule has 1 atom stereocenters. The predicted molar refractivity (Wildman–Crippen MR) is 116 cm³/mol. The topological polar surface area (TPSA) is 67.4 Å². The van der Waals surface area contributed by atoms with Crippen LogP contribution in [0, 0.1) is 3.57 Å². The summed E-state index contributed by atoms with van der Waals surface area (Å²) in [5, 5.41) is 5.76. The molecule has 2 aromatic carbocycles. The summed E-state index contributed by atoms with van der Waals surface area (Å²) in [5.41, 5.74) is 2.75. The molecule has 2 aromatic rings. The Morgan fingerprint density at radius 1 is 1.11 bits per heavy atom. The van der Waals surface area contributed by atoms with Crippen molar-refractivity contribution in [2.45, 2.75) is 39.2 Å². The van der Waals surface area contributed by atoms with Gasteiger partial charge in [-0.2, -0.15) is 0 Å². The van der Waals surface area contributed by atoms with Gasteiger partial charge >= 0.3 is 6.09 Å². The molecule has 0 aliphatic carbocycles. The summed E-state index contributed by atoms with van der Waals surface area (Å²) < 4.78 is 6.10. The van der Waals surface area contributed by atoms with Gasteiger partial charge in [0.25, 0.3) is 0 Å². The minimum Gasteiger partial charge on any atom is -0.450 e. The minimum absolute atomic E-state index is 0.117. The number of hydrogen-bond acceptors (Lipinski definition) is 3. The lowest BCUT2D eigenvalue weighted by atomic mass is 10.0. The second-order valence-electron chi connectivity index (χ2n) is 6.47. The average molecular weight is 480 g/mol. The maximum Gasteiger partial charge on any atom is 0.407 e. The van der Waals surface area contributed by atoms with Crippen molar-refractivity contribution >= 4 is 40.3 Å². The van der Waals surface area contributed by atoms with Gasteiger partial charge in [-0.3, -0.25) is 4.79 Å². The first-order valence-electron chi connectivity index (χ1n) is 8.98. The number of amides is 2. The molecule has 0 saturated heterocycles. The molecule has 0 aliphatic heterocycles. The van der Waals surface area contributed by atoms with Gasteiger partial charge in [0.2, 0.25) is 5.91 Å². The van der Waals surface area contributed by atoms with Crippen LogP contribution in [-0.4, -0.2) is 18.6 Å². The van der Waals surface area contributed by atoms with Crippen molar-refractivity contribution in [3.63, 3.8) is 0 Å². The third-order valence-electron chi connectivity index (χ3n) is 4.07. The Kier molecular flexibility index (Phi) is 8.09. The van der Waals surface area contributed by atoms with Crippen LogP contribution < -0.4 is 10.6 Å². The average Bonchev–Trinajstić information content (AvgIpc) is 2.63. The van der Waals surface area contributed by atoms with Crippen LogP contribution in [0.15, 0.2) is 48.5 Å². The first kappa shape index (κ1) is 21.2. The van der Waals surface area contributed by atoms with Gasteiger partial charge in [-0.25, -0.2) is 4.79 Å². The highest BCUT2D eigenvalue weighted by Gasteiger charge is 2.20. The van der Waals surface area contributed by atoms with E-state index in [-0.39, 0.29) is 24.9 Å². The number of alkyl carbamates (subject to hydrolysis) is 1. The van der Waals surface area contributed by atoms with E-state index in [9.17, 15) is 9.59 Å². The Morgan fingerprint density at radius 2 is 1.81 bits per heavy atom. The third kappa shape index (κ3) is 6.53. The number of anilines is 1. The van der Waals surface area contributed by atoms with Gasteiger partial charge in [0.05, 0.1) is 19.1 Å². The zero-order chi connectivity index (χ0) is 19.8. The second kappa shape index (κ2) is 10.3. The molecule has 2 amide bonds. The molecule has 0 radical (unpaired) electrons. The SMILES string of the molecule is CCOC(=O)N[C@@H](CC(=O)Nc1ccc(I)cc1C(C)C)c1ccccc1. The van der Waals surface area contributed by atoms with Crippen LogP contribution in [0.5, 0.6) is 0 Å². The Hall–Kier alpha value is -2.09. The van der Waals surface area contributed by atoms with Crippen LogP contribution in [-0.2, 0) is 9.53 Å². The van der Waals surface area contributed by atoms with E-state index in [2.05, 4.69) is 53.1 Å². The fourth-order valence-corrected chi connectivity index (χ4v) is 3.28. The lowest BCUT2D eigenvalue weighted by molar-refractivity contribution is -0.116. The molecule has 0 bridgehead atoms. The van der Waals surface area contributed by atoms with Crippen molar-refractivity contribution in [1.29, 1.82) is 0 Å². The summed E-state index contributed by atoms with van der Waals surface area (Å²) in [6.45, 7) is 6.21. The molecule has 27 heavy (non-hydrogen) atoms. The maximum absolute atomic E-state index is 12.7. The lowest BCUT2D eigenvalue weighted by Crippen LogP contribution is -2.32. The summed E-state index contributed by atoms with van der Waals surface area (Å²) in [5.74, 6) is 0.126. The van der Waals surface area contributed by atoms with Gasteiger partial charge in [0.15, 0.2) is 0 Å². The molecule has 0 fully saturated rings. The highest BCUT2D eigenvalue weighted by Crippen LogP contribution is 2.27. The number of carbonyl (C=O) groups excluding carboxylic acids is 2. The van der Waals surface area contributed by atoms with Crippen molar-refractivity contribution in [3.8, 4) is 0 Å². The smallest absolute Gasteiger partial charge is 0.407 e. The van der Waals surface area contributed by atoms with Crippen molar-refractivity contribution in [2.75, 3.05) is 11.9 Å². The zero-order valence-corrected chi connectivity index (χ0v) is 17.9. The predicted octanol–water partition coefficient (Wildman–Crippen LogP) is 5.23. The van der Waals surface area contributed by atoms with Crippen molar-refractivity contribution in [3.05, 3.63) is 63.2 Å². The maximum atomic E-state index is 12.7.